The Morgan fingerprint density at radius 1 is 0.935 bits per heavy atom. The summed E-state index contributed by atoms with van der Waals surface area (Å²) in [6, 6.07) is 0. The van der Waals surface area contributed by atoms with Gasteiger partial charge < -0.3 is 4.74 Å². The van der Waals surface area contributed by atoms with Gasteiger partial charge >= 0.3 is 0 Å². The second-order valence-corrected chi connectivity index (χ2v) is 13.3. The van der Waals surface area contributed by atoms with E-state index in [-0.39, 0.29) is 0 Å². The molecule has 0 saturated heterocycles. The highest BCUT2D eigenvalue weighted by molar-refractivity contribution is 5.25. The molecule has 4 rings (SSSR count). The predicted octanol–water partition coefficient (Wildman–Crippen LogP) is 8.82. The van der Waals surface area contributed by atoms with E-state index in [1.54, 1.807) is 5.57 Å². The fraction of sp³-hybridized carbons (Fsp3) is 0.933. The van der Waals surface area contributed by atoms with E-state index in [1.807, 2.05) is 0 Å². The highest BCUT2D eigenvalue weighted by Gasteiger charge is 2.59. The third-order valence-corrected chi connectivity index (χ3v) is 10.7. The van der Waals surface area contributed by atoms with Gasteiger partial charge in [-0.2, -0.15) is 0 Å². The molecule has 0 bridgehead atoms. The number of ether oxygens (including phenoxy) is 1. The van der Waals surface area contributed by atoms with Gasteiger partial charge in [0.15, 0.2) is 0 Å². The van der Waals surface area contributed by atoms with Crippen molar-refractivity contribution >= 4 is 0 Å². The minimum atomic E-state index is 0.361. The molecule has 0 N–H and O–H groups in total. The molecule has 0 heterocycles. The van der Waals surface area contributed by atoms with Crippen LogP contribution in [-0.4, -0.2) is 12.2 Å². The molecule has 0 aromatic rings. The topological polar surface area (TPSA) is 9.23 Å². The standard InChI is InChI=1S/C30H52O/c1-20(2)9-8-10-22(5)26-13-14-27-25-12-11-23-19-24(31-21(3)4)15-17-29(23,6)28(25)16-18-30(26,27)7/h11,20-22,24-28H,8-10,12-19H2,1-7H3. The van der Waals surface area contributed by atoms with Crippen molar-refractivity contribution in [1.82, 2.24) is 0 Å². The molecule has 4 aliphatic carbocycles. The number of hydrogen-bond acceptors (Lipinski definition) is 1. The molecule has 1 nitrogen and oxygen atoms in total. The SMILES string of the molecule is CC(C)CCCC(C)C1CCC2C3CC=C4CC(OC(C)C)CCC4(C)C3CCC12C. The van der Waals surface area contributed by atoms with Crippen molar-refractivity contribution in [1.29, 1.82) is 0 Å². The van der Waals surface area contributed by atoms with Gasteiger partial charge in [-0.05, 0) is 112 Å². The van der Waals surface area contributed by atoms with Crippen molar-refractivity contribution in [3.05, 3.63) is 11.6 Å². The van der Waals surface area contributed by atoms with Gasteiger partial charge in [0.2, 0.25) is 0 Å². The van der Waals surface area contributed by atoms with Crippen molar-refractivity contribution in [3.8, 4) is 0 Å². The maximum atomic E-state index is 6.25. The van der Waals surface area contributed by atoms with E-state index < -0.39 is 0 Å². The first kappa shape index (κ1) is 23.8. The van der Waals surface area contributed by atoms with E-state index in [2.05, 4.69) is 54.5 Å². The van der Waals surface area contributed by atoms with E-state index in [0.29, 0.717) is 23.0 Å². The van der Waals surface area contributed by atoms with Crippen molar-refractivity contribution in [3.63, 3.8) is 0 Å². The Labute approximate surface area is 194 Å². The van der Waals surface area contributed by atoms with E-state index in [9.17, 15) is 0 Å². The van der Waals surface area contributed by atoms with Crippen molar-refractivity contribution in [2.24, 2.45) is 46.3 Å². The highest BCUT2D eigenvalue weighted by Crippen LogP contribution is 2.67. The Morgan fingerprint density at radius 2 is 1.71 bits per heavy atom. The first-order chi connectivity index (χ1) is 14.6. The molecule has 4 aliphatic rings. The van der Waals surface area contributed by atoms with Crippen LogP contribution in [0.1, 0.15) is 119 Å². The zero-order valence-corrected chi connectivity index (χ0v) is 21.9. The molecule has 178 valence electrons. The van der Waals surface area contributed by atoms with Crippen LogP contribution < -0.4 is 0 Å². The molecule has 0 aliphatic heterocycles. The summed E-state index contributed by atoms with van der Waals surface area (Å²) in [7, 11) is 0. The molecule has 3 fully saturated rings. The third-order valence-electron chi connectivity index (χ3n) is 10.7. The van der Waals surface area contributed by atoms with Gasteiger partial charge in [-0.3, -0.25) is 0 Å². The maximum absolute atomic E-state index is 6.25. The summed E-state index contributed by atoms with van der Waals surface area (Å²) in [5, 5.41) is 0. The van der Waals surface area contributed by atoms with Crippen LogP contribution >= 0.6 is 0 Å². The van der Waals surface area contributed by atoms with Crippen LogP contribution in [0.5, 0.6) is 0 Å². The number of hydrogen-bond donors (Lipinski definition) is 0. The van der Waals surface area contributed by atoms with Gasteiger partial charge in [0, 0.05) is 0 Å². The molecule has 0 aromatic heterocycles. The molecular weight excluding hydrogens is 376 g/mol. The highest BCUT2D eigenvalue weighted by atomic mass is 16.5. The maximum Gasteiger partial charge on any atom is 0.0616 e. The molecule has 1 heteroatoms. The van der Waals surface area contributed by atoms with Gasteiger partial charge in [0.25, 0.3) is 0 Å². The lowest BCUT2D eigenvalue weighted by Gasteiger charge is -2.58. The fourth-order valence-electron chi connectivity index (χ4n) is 9.15. The van der Waals surface area contributed by atoms with Crippen LogP contribution in [0.3, 0.4) is 0 Å². The molecule has 0 aromatic carbocycles. The van der Waals surface area contributed by atoms with Crippen molar-refractivity contribution in [2.75, 3.05) is 0 Å². The molecule has 0 spiro atoms. The molecule has 8 atom stereocenters. The number of allylic oxidation sites excluding steroid dienone is 1. The van der Waals surface area contributed by atoms with Crippen LogP contribution in [0.4, 0.5) is 0 Å². The van der Waals surface area contributed by atoms with Gasteiger partial charge in [0.1, 0.15) is 0 Å². The molecule has 8 unspecified atom stereocenters. The van der Waals surface area contributed by atoms with Crippen LogP contribution in [-0.2, 0) is 4.74 Å². The number of rotatable bonds is 7. The molecule has 31 heavy (non-hydrogen) atoms. The van der Waals surface area contributed by atoms with E-state index in [4.69, 9.17) is 4.74 Å². The smallest absolute Gasteiger partial charge is 0.0616 e. The van der Waals surface area contributed by atoms with Crippen LogP contribution in [0.15, 0.2) is 11.6 Å². The quantitative estimate of drug-likeness (QED) is 0.368. The second-order valence-electron chi connectivity index (χ2n) is 13.3. The Bertz CT molecular complexity index is 647. The fourth-order valence-corrected chi connectivity index (χ4v) is 9.15. The van der Waals surface area contributed by atoms with E-state index in [0.717, 1.165) is 35.5 Å². The Hall–Kier alpha value is -0.300. The summed E-state index contributed by atoms with van der Waals surface area (Å²) in [4.78, 5) is 0. The average molecular weight is 429 g/mol. The molecule has 0 radical (unpaired) electrons. The lowest BCUT2D eigenvalue weighted by atomic mass is 9.47. The summed E-state index contributed by atoms with van der Waals surface area (Å²) in [6.07, 6.45) is 19.0. The van der Waals surface area contributed by atoms with Gasteiger partial charge in [-0.15, -0.1) is 0 Å². The van der Waals surface area contributed by atoms with Crippen LogP contribution in [0, 0.1) is 46.3 Å². The molecule has 3 saturated carbocycles. The molecule has 0 amide bonds. The zero-order valence-electron chi connectivity index (χ0n) is 21.9. The zero-order chi connectivity index (χ0) is 22.4. The Balaban J connectivity index is 1.46. The first-order valence-electron chi connectivity index (χ1n) is 14.0. The van der Waals surface area contributed by atoms with E-state index >= 15 is 0 Å². The third kappa shape index (κ3) is 4.43. The first-order valence-corrected chi connectivity index (χ1v) is 14.0. The summed E-state index contributed by atoms with van der Waals surface area (Å²) < 4.78 is 6.25. The minimum Gasteiger partial charge on any atom is -0.375 e. The Morgan fingerprint density at radius 3 is 2.42 bits per heavy atom. The summed E-state index contributed by atoms with van der Waals surface area (Å²) in [5.41, 5.74) is 2.84. The largest absolute Gasteiger partial charge is 0.375 e. The molecular formula is C30H52O. The van der Waals surface area contributed by atoms with Crippen molar-refractivity contribution < 1.29 is 4.74 Å². The van der Waals surface area contributed by atoms with Gasteiger partial charge in [-0.1, -0.05) is 65.5 Å². The Kier molecular flexibility index (Phi) is 7.04. The summed E-state index contributed by atoms with van der Waals surface area (Å²) >= 11 is 0. The van der Waals surface area contributed by atoms with E-state index in [1.165, 1.54) is 70.6 Å². The second kappa shape index (κ2) is 9.15. The average Bonchev–Trinajstić information content (AvgIpc) is 3.05. The summed E-state index contributed by atoms with van der Waals surface area (Å²) in [5.74, 6) is 5.60. The summed E-state index contributed by atoms with van der Waals surface area (Å²) in [6.45, 7) is 17.1. The van der Waals surface area contributed by atoms with Crippen LogP contribution in [0.25, 0.3) is 0 Å². The lowest BCUT2D eigenvalue weighted by Crippen LogP contribution is -2.51. The normalized spacial score (nSPS) is 43.4. The minimum absolute atomic E-state index is 0.361. The van der Waals surface area contributed by atoms with Crippen LogP contribution in [0.2, 0.25) is 0 Å². The van der Waals surface area contributed by atoms with Gasteiger partial charge in [0.05, 0.1) is 12.2 Å². The predicted molar refractivity (Wildman–Crippen MR) is 133 cm³/mol. The monoisotopic (exact) mass is 428 g/mol. The lowest BCUT2D eigenvalue weighted by molar-refractivity contribution is -0.0707. The number of fused-ring (bicyclic) bond motifs is 5. The van der Waals surface area contributed by atoms with Gasteiger partial charge in [-0.25, -0.2) is 0 Å². The van der Waals surface area contributed by atoms with Crippen molar-refractivity contribution in [2.45, 2.75) is 131 Å².